The molecule has 0 amide bonds. The smallest absolute Gasteiger partial charge is 0.182 e. The summed E-state index contributed by atoms with van der Waals surface area (Å²) in [5.74, 6) is 0.290. The number of carbonyl (C=O) groups is 1. The maximum atomic E-state index is 12.8. The Balaban J connectivity index is 1.48. The molecule has 27 heavy (non-hydrogen) atoms. The largest absolute Gasteiger partial charge is 0.295 e. The molecular weight excluding hydrogens is 356 g/mol. The topological polar surface area (TPSA) is 34.4 Å². The molecule has 1 atom stereocenters. The van der Waals surface area contributed by atoms with Gasteiger partial charge in [-0.1, -0.05) is 66.2 Å². The first-order valence-corrected chi connectivity index (χ1v) is 9.42. The van der Waals surface area contributed by atoms with E-state index in [1.54, 1.807) is 12.3 Å². The first-order valence-electron chi connectivity index (χ1n) is 9.04. The molecule has 0 aliphatic heterocycles. The van der Waals surface area contributed by atoms with Gasteiger partial charge in [-0.25, -0.2) is 4.98 Å². The highest BCUT2D eigenvalue weighted by Crippen LogP contribution is 2.34. The van der Waals surface area contributed by atoms with E-state index in [2.05, 4.69) is 41.4 Å². The van der Waals surface area contributed by atoms with Gasteiger partial charge in [0.25, 0.3) is 0 Å². The van der Waals surface area contributed by atoms with Crippen molar-refractivity contribution in [1.82, 2.24) is 9.38 Å². The molecule has 4 heteroatoms. The van der Waals surface area contributed by atoms with Crippen LogP contribution in [-0.4, -0.2) is 15.2 Å². The van der Waals surface area contributed by atoms with E-state index in [9.17, 15) is 4.79 Å². The summed E-state index contributed by atoms with van der Waals surface area (Å²) in [5.41, 5.74) is 5.89. The number of aromatic nitrogens is 2. The number of rotatable bonds is 2. The molecule has 0 bridgehead atoms. The van der Waals surface area contributed by atoms with Crippen molar-refractivity contribution in [2.45, 2.75) is 18.8 Å². The van der Waals surface area contributed by atoms with Crippen LogP contribution in [0.5, 0.6) is 0 Å². The number of hydrogen-bond donors (Lipinski definition) is 0. The third kappa shape index (κ3) is 2.84. The average molecular weight is 373 g/mol. The highest BCUT2D eigenvalue weighted by molar-refractivity contribution is 6.30. The molecule has 2 aromatic heterocycles. The molecule has 2 aromatic carbocycles. The van der Waals surface area contributed by atoms with Crippen molar-refractivity contribution in [1.29, 1.82) is 0 Å². The highest BCUT2D eigenvalue weighted by Gasteiger charge is 2.30. The minimum Gasteiger partial charge on any atom is -0.295 e. The number of Topliss-reactive ketones (excluding diaryl/α,β-unsaturated/α-hetero) is 1. The Kier molecular flexibility index (Phi) is 3.83. The van der Waals surface area contributed by atoms with Gasteiger partial charge >= 0.3 is 0 Å². The normalized spacial score (nSPS) is 16.5. The van der Waals surface area contributed by atoms with E-state index in [1.165, 1.54) is 16.7 Å². The Morgan fingerprint density at radius 3 is 2.41 bits per heavy atom. The molecule has 1 unspecified atom stereocenters. The lowest BCUT2D eigenvalue weighted by molar-refractivity contribution is 0.0958. The number of carbonyl (C=O) groups excluding carboxylic acids is 1. The van der Waals surface area contributed by atoms with E-state index in [0.717, 1.165) is 17.8 Å². The average Bonchev–Trinajstić information content (AvgIpc) is 3.07. The van der Waals surface area contributed by atoms with Crippen LogP contribution in [0.15, 0.2) is 72.9 Å². The number of benzene rings is 2. The van der Waals surface area contributed by atoms with E-state index in [1.807, 2.05) is 28.7 Å². The van der Waals surface area contributed by atoms with Crippen LogP contribution >= 0.6 is 11.6 Å². The number of ketones is 1. The second kappa shape index (κ2) is 6.36. The van der Waals surface area contributed by atoms with Crippen LogP contribution in [-0.2, 0) is 6.42 Å². The van der Waals surface area contributed by atoms with E-state index in [-0.39, 0.29) is 11.7 Å². The molecule has 4 aromatic rings. The zero-order valence-corrected chi connectivity index (χ0v) is 15.4. The van der Waals surface area contributed by atoms with Crippen LogP contribution in [0.2, 0.25) is 5.02 Å². The van der Waals surface area contributed by atoms with Crippen LogP contribution in [0.4, 0.5) is 0 Å². The lowest BCUT2D eigenvalue weighted by atomic mass is 9.83. The Hall–Kier alpha value is -2.91. The second-order valence-corrected chi connectivity index (χ2v) is 7.44. The molecule has 1 aliphatic rings. The van der Waals surface area contributed by atoms with Crippen molar-refractivity contribution in [3.05, 3.63) is 94.9 Å². The fraction of sp³-hybridized carbons (Fsp3) is 0.130. The maximum Gasteiger partial charge on any atom is 0.182 e. The molecule has 3 nitrogen and oxygen atoms in total. The quantitative estimate of drug-likeness (QED) is 0.461. The van der Waals surface area contributed by atoms with Gasteiger partial charge in [0, 0.05) is 12.6 Å². The summed E-state index contributed by atoms with van der Waals surface area (Å²) in [7, 11) is 0. The molecule has 0 radical (unpaired) electrons. The minimum absolute atomic E-state index is 0.128. The SMILES string of the molecule is O=C1CC(c2ccc(-c3ccccc3)cc2)Cc2nc3ccc(Cl)cn3c21. The van der Waals surface area contributed by atoms with Crippen LogP contribution in [0.1, 0.15) is 34.1 Å². The molecule has 0 fully saturated rings. The summed E-state index contributed by atoms with van der Waals surface area (Å²) in [6.45, 7) is 0. The van der Waals surface area contributed by atoms with Crippen molar-refractivity contribution < 1.29 is 4.79 Å². The number of halogens is 1. The van der Waals surface area contributed by atoms with E-state index < -0.39 is 0 Å². The Morgan fingerprint density at radius 2 is 1.63 bits per heavy atom. The summed E-state index contributed by atoms with van der Waals surface area (Å²) in [4.78, 5) is 17.5. The van der Waals surface area contributed by atoms with Gasteiger partial charge in [-0.05, 0) is 41.2 Å². The first kappa shape index (κ1) is 16.3. The van der Waals surface area contributed by atoms with Crippen molar-refractivity contribution in [3.8, 4) is 11.1 Å². The van der Waals surface area contributed by atoms with Crippen molar-refractivity contribution in [2.75, 3.05) is 0 Å². The second-order valence-electron chi connectivity index (χ2n) is 7.00. The van der Waals surface area contributed by atoms with Crippen LogP contribution < -0.4 is 0 Å². The predicted octanol–water partition coefficient (Wildman–Crippen LogP) is 5.57. The summed E-state index contributed by atoms with van der Waals surface area (Å²) >= 11 is 6.10. The molecule has 1 aliphatic carbocycles. The van der Waals surface area contributed by atoms with Crippen LogP contribution in [0.3, 0.4) is 0 Å². The van der Waals surface area contributed by atoms with E-state index in [4.69, 9.17) is 11.6 Å². The summed E-state index contributed by atoms with van der Waals surface area (Å²) in [6, 6.07) is 22.5. The van der Waals surface area contributed by atoms with Gasteiger partial charge in [-0.3, -0.25) is 9.20 Å². The van der Waals surface area contributed by atoms with Crippen molar-refractivity contribution in [2.24, 2.45) is 0 Å². The third-order valence-corrected chi connectivity index (χ3v) is 5.50. The van der Waals surface area contributed by atoms with E-state index >= 15 is 0 Å². The van der Waals surface area contributed by atoms with Crippen molar-refractivity contribution in [3.63, 3.8) is 0 Å². The minimum atomic E-state index is 0.128. The number of hydrogen-bond acceptors (Lipinski definition) is 2. The molecule has 132 valence electrons. The first-order chi connectivity index (χ1) is 13.2. The van der Waals surface area contributed by atoms with Gasteiger partial charge in [0.2, 0.25) is 0 Å². The summed E-state index contributed by atoms with van der Waals surface area (Å²) in [5, 5.41) is 0.606. The predicted molar refractivity (Wildman–Crippen MR) is 107 cm³/mol. The lowest BCUT2D eigenvalue weighted by Gasteiger charge is -2.21. The Labute approximate surface area is 162 Å². The van der Waals surface area contributed by atoms with Gasteiger partial charge in [0.15, 0.2) is 5.78 Å². The van der Waals surface area contributed by atoms with Crippen LogP contribution in [0.25, 0.3) is 16.8 Å². The number of imidazole rings is 1. The number of pyridine rings is 1. The fourth-order valence-electron chi connectivity index (χ4n) is 3.95. The molecule has 0 saturated heterocycles. The van der Waals surface area contributed by atoms with Crippen LogP contribution in [0, 0.1) is 0 Å². The monoisotopic (exact) mass is 372 g/mol. The van der Waals surface area contributed by atoms with Gasteiger partial charge < -0.3 is 0 Å². The zero-order chi connectivity index (χ0) is 18.4. The molecule has 0 spiro atoms. The molecular formula is C23H17ClN2O. The number of nitrogens with zero attached hydrogens (tertiary/aromatic N) is 2. The van der Waals surface area contributed by atoms with Gasteiger partial charge in [-0.2, -0.15) is 0 Å². The van der Waals surface area contributed by atoms with Gasteiger partial charge in [0.05, 0.1) is 10.7 Å². The highest BCUT2D eigenvalue weighted by atomic mass is 35.5. The van der Waals surface area contributed by atoms with E-state index in [0.29, 0.717) is 17.1 Å². The number of fused-ring (bicyclic) bond motifs is 3. The molecule has 0 saturated carbocycles. The zero-order valence-electron chi connectivity index (χ0n) is 14.6. The molecule has 5 rings (SSSR count). The van der Waals surface area contributed by atoms with Gasteiger partial charge in [0.1, 0.15) is 11.3 Å². The van der Waals surface area contributed by atoms with Gasteiger partial charge in [-0.15, -0.1) is 0 Å². The molecule has 0 N–H and O–H groups in total. The Morgan fingerprint density at radius 1 is 0.889 bits per heavy atom. The molecule has 2 heterocycles. The summed E-state index contributed by atoms with van der Waals surface area (Å²) in [6.07, 6.45) is 3.04. The lowest BCUT2D eigenvalue weighted by Crippen LogP contribution is -2.19. The Bertz CT molecular complexity index is 1150. The fourth-order valence-corrected chi connectivity index (χ4v) is 4.11. The summed E-state index contributed by atoms with van der Waals surface area (Å²) < 4.78 is 1.83. The standard InChI is InChI=1S/C23H17ClN2O/c24-19-10-11-22-25-20-12-18(13-21(27)23(20)26(22)14-19)17-8-6-16(7-9-17)15-4-2-1-3-5-15/h1-11,14,18H,12-13H2. The third-order valence-electron chi connectivity index (χ3n) is 5.28. The van der Waals surface area contributed by atoms with Crippen molar-refractivity contribution >= 4 is 23.0 Å². The maximum absolute atomic E-state index is 12.8.